The molecular formula is C10H20N2. The summed E-state index contributed by atoms with van der Waals surface area (Å²) in [6.07, 6.45) is 2.46. The summed E-state index contributed by atoms with van der Waals surface area (Å²) in [7, 11) is 0. The Morgan fingerprint density at radius 1 is 1.58 bits per heavy atom. The molecule has 0 radical (unpaired) electrons. The van der Waals surface area contributed by atoms with Crippen LogP contribution in [0, 0.1) is 11.3 Å². The summed E-state index contributed by atoms with van der Waals surface area (Å²) in [4.78, 5) is 4.54. The predicted molar refractivity (Wildman–Crippen MR) is 53.5 cm³/mol. The summed E-state index contributed by atoms with van der Waals surface area (Å²) in [6, 6.07) is 0. The van der Waals surface area contributed by atoms with Crippen LogP contribution in [-0.2, 0) is 0 Å². The van der Waals surface area contributed by atoms with Gasteiger partial charge in [-0.3, -0.25) is 4.99 Å². The van der Waals surface area contributed by atoms with Crippen molar-refractivity contribution in [3.63, 3.8) is 0 Å². The van der Waals surface area contributed by atoms with E-state index >= 15 is 0 Å². The molecule has 2 nitrogen and oxygen atoms in total. The van der Waals surface area contributed by atoms with E-state index in [0.717, 1.165) is 12.5 Å². The van der Waals surface area contributed by atoms with Gasteiger partial charge in [0.15, 0.2) is 0 Å². The van der Waals surface area contributed by atoms with Crippen molar-refractivity contribution >= 4 is 5.71 Å². The Morgan fingerprint density at radius 3 is 2.67 bits per heavy atom. The summed E-state index contributed by atoms with van der Waals surface area (Å²) in [5, 5.41) is 0. The second-order valence-electron chi connectivity index (χ2n) is 4.28. The van der Waals surface area contributed by atoms with Crippen LogP contribution in [-0.4, -0.2) is 18.8 Å². The maximum Gasteiger partial charge on any atom is 0.0511 e. The van der Waals surface area contributed by atoms with E-state index in [9.17, 15) is 0 Å². The minimum atomic E-state index is 0.315. The number of rotatable bonds is 2. The van der Waals surface area contributed by atoms with Gasteiger partial charge in [0.25, 0.3) is 0 Å². The molecule has 2 N–H and O–H groups in total. The normalized spacial score (nSPS) is 31.3. The number of hydrogen-bond donors (Lipinski definition) is 1. The Hall–Kier alpha value is -0.370. The fraction of sp³-hybridized carbons (Fsp3) is 0.900. The average Bonchev–Trinajstić information content (AvgIpc) is 2.25. The molecule has 70 valence electrons. The first-order chi connectivity index (χ1) is 5.59. The smallest absolute Gasteiger partial charge is 0.0511 e. The van der Waals surface area contributed by atoms with Crippen LogP contribution < -0.4 is 5.73 Å². The van der Waals surface area contributed by atoms with Crippen LogP contribution in [0.5, 0.6) is 0 Å². The van der Waals surface area contributed by atoms with Crippen molar-refractivity contribution in [3.8, 4) is 0 Å². The van der Waals surface area contributed by atoms with Crippen LogP contribution in [0.4, 0.5) is 0 Å². The molecule has 0 aromatic heterocycles. The first-order valence-electron chi connectivity index (χ1n) is 4.83. The third kappa shape index (κ3) is 1.69. The van der Waals surface area contributed by atoms with Gasteiger partial charge in [0, 0.05) is 17.7 Å². The van der Waals surface area contributed by atoms with E-state index in [1.807, 2.05) is 0 Å². The molecule has 0 amide bonds. The van der Waals surface area contributed by atoms with Crippen LogP contribution in [0.25, 0.3) is 0 Å². The molecule has 0 aromatic rings. The lowest BCUT2D eigenvalue weighted by molar-refractivity contribution is 0.363. The lowest BCUT2D eigenvalue weighted by atomic mass is 9.82. The summed E-state index contributed by atoms with van der Waals surface area (Å²) in [5.41, 5.74) is 7.11. The molecule has 0 aliphatic heterocycles. The van der Waals surface area contributed by atoms with Crippen LogP contribution in [0.3, 0.4) is 0 Å². The fourth-order valence-electron chi connectivity index (χ4n) is 1.80. The fourth-order valence-corrected chi connectivity index (χ4v) is 1.80. The van der Waals surface area contributed by atoms with Gasteiger partial charge in [-0.1, -0.05) is 20.8 Å². The molecule has 1 aliphatic carbocycles. The predicted octanol–water partition coefficient (Wildman–Crippen LogP) is 1.84. The van der Waals surface area contributed by atoms with E-state index in [0.29, 0.717) is 12.0 Å². The number of nitrogens with two attached hydrogens (primary N) is 1. The lowest BCUT2D eigenvalue weighted by Gasteiger charge is -2.24. The summed E-state index contributed by atoms with van der Waals surface area (Å²) >= 11 is 0. The van der Waals surface area contributed by atoms with Gasteiger partial charge in [0.05, 0.1) is 6.54 Å². The molecule has 2 heteroatoms. The first-order valence-corrected chi connectivity index (χ1v) is 4.83. The highest BCUT2D eigenvalue weighted by molar-refractivity contribution is 5.91. The zero-order valence-corrected chi connectivity index (χ0v) is 8.43. The van der Waals surface area contributed by atoms with Crippen molar-refractivity contribution in [1.82, 2.24) is 0 Å². The summed E-state index contributed by atoms with van der Waals surface area (Å²) < 4.78 is 0. The molecular weight excluding hydrogens is 148 g/mol. The van der Waals surface area contributed by atoms with Crippen LogP contribution in [0.2, 0.25) is 0 Å². The third-order valence-electron chi connectivity index (χ3n) is 3.22. The Labute approximate surface area is 75.3 Å². The van der Waals surface area contributed by atoms with E-state index < -0.39 is 0 Å². The topological polar surface area (TPSA) is 38.4 Å². The van der Waals surface area contributed by atoms with Crippen LogP contribution in [0.1, 0.15) is 33.6 Å². The molecule has 0 heterocycles. The van der Waals surface area contributed by atoms with E-state index in [-0.39, 0.29) is 0 Å². The molecule has 0 aromatic carbocycles. The van der Waals surface area contributed by atoms with E-state index in [1.54, 1.807) is 0 Å². The molecule has 1 saturated carbocycles. The van der Waals surface area contributed by atoms with Gasteiger partial charge >= 0.3 is 0 Å². The van der Waals surface area contributed by atoms with Crippen LogP contribution in [0.15, 0.2) is 4.99 Å². The van der Waals surface area contributed by atoms with E-state index in [4.69, 9.17) is 5.73 Å². The van der Waals surface area contributed by atoms with E-state index in [1.165, 1.54) is 18.6 Å². The van der Waals surface area contributed by atoms with Crippen LogP contribution >= 0.6 is 0 Å². The van der Waals surface area contributed by atoms with Gasteiger partial charge in [0.2, 0.25) is 0 Å². The van der Waals surface area contributed by atoms with Crippen molar-refractivity contribution in [2.45, 2.75) is 33.6 Å². The molecule has 12 heavy (non-hydrogen) atoms. The largest absolute Gasteiger partial charge is 0.329 e. The quantitative estimate of drug-likeness (QED) is 0.671. The molecule has 1 aliphatic rings. The molecule has 1 atom stereocenters. The van der Waals surface area contributed by atoms with Crippen molar-refractivity contribution < 1.29 is 0 Å². The van der Waals surface area contributed by atoms with Gasteiger partial charge in [0.1, 0.15) is 0 Å². The minimum Gasteiger partial charge on any atom is -0.329 e. The van der Waals surface area contributed by atoms with Gasteiger partial charge in [-0.25, -0.2) is 0 Å². The zero-order valence-electron chi connectivity index (χ0n) is 8.43. The highest BCUT2D eigenvalue weighted by Gasteiger charge is 2.36. The molecule has 0 unspecified atom stereocenters. The molecule has 0 spiro atoms. The van der Waals surface area contributed by atoms with Gasteiger partial charge < -0.3 is 5.73 Å². The number of nitrogens with zero attached hydrogens (tertiary/aromatic N) is 1. The molecule has 0 saturated heterocycles. The highest BCUT2D eigenvalue weighted by atomic mass is 14.8. The first kappa shape index (κ1) is 9.72. The van der Waals surface area contributed by atoms with Crippen molar-refractivity contribution in [2.75, 3.05) is 13.1 Å². The molecule has 1 fully saturated rings. The Balaban J connectivity index is 2.67. The van der Waals surface area contributed by atoms with E-state index in [2.05, 4.69) is 25.8 Å². The third-order valence-corrected chi connectivity index (χ3v) is 3.22. The number of aliphatic imine (C=N–C) groups is 1. The standard InChI is InChI=1S/C10H20N2/c1-8-4-5-9(10(8,2)3)12-7-6-11/h8H,4-7,11H2,1-3H3/t8-/m1/s1. The minimum absolute atomic E-state index is 0.315. The maximum absolute atomic E-state index is 5.42. The lowest BCUT2D eigenvalue weighted by Crippen LogP contribution is -2.24. The Kier molecular flexibility index (Phi) is 2.89. The maximum atomic E-state index is 5.42. The van der Waals surface area contributed by atoms with Crippen molar-refractivity contribution in [3.05, 3.63) is 0 Å². The SMILES string of the molecule is C[C@@H]1CCC(=NCCN)C1(C)C. The van der Waals surface area contributed by atoms with Gasteiger partial charge in [-0.2, -0.15) is 0 Å². The monoisotopic (exact) mass is 168 g/mol. The Morgan fingerprint density at radius 2 is 2.25 bits per heavy atom. The van der Waals surface area contributed by atoms with Crippen molar-refractivity contribution in [1.29, 1.82) is 0 Å². The molecule has 0 bridgehead atoms. The highest BCUT2D eigenvalue weighted by Crippen LogP contribution is 2.39. The summed E-state index contributed by atoms with van der Waals surface area (Å²) in [5.74, 6) is 0.772. The van der Waals surface area contributed by atoms with Gasteiger partial charge in [-0.15, -0.1) is 0 Å². The van der Waals surface area contributed by atoms with Gasteiger partial charge in [-0.05, 0) is 18.8 Å². The van der Waals surface area contributed by atoms with Crippen molar-refractivity contribution in [2.24, 2.45) is 22.1 Å². The Bertz CT molecular complexity index is 182. The second kappa shape index (κ2) is 3.56. The molecule has 1 rings (SSSR count). The summed E-state index contributed by atoms with van der Waals surface area (Å²) in [6.45, 7) is 8.37. The number of hydrogen-bond acceptors (Lipinski definition) is 2. The second-order valence-corrected chi connectivity index (χ2v) is 4.28. The zero-order chi connectivity index (χ0) is 9.19. The average molecular weight is 168 g/mol.